The first-order chi connectivity index (χ1) is 7.66. The predicted molar refractivity (Wildman–Crippen MR) is 78.6 cm³/mol. The minimum absolute atomic E-state index is 0. The number of benzene rings is 1. The summed E-state index contributed by atoms with van der Waals surface area (Å²) in [6.07, 6.45) is 2.39. The van der Waals surface area contributed by atoms with Gasteiger partial charge in [0.1, 0.15) is 0 Å². The fourth-order valence-corrected chi connectivity index (χ4v) is 2.61. The van der Waals surface area contributed by atoms with E-state index in [2.05, 4.69) is 52.0 Å². The Hall–Kier alpha value is -0.0900. The largest absolute Gasteiger partial charge is 0.327 e. The van der Waals surface area contributed by atoms with Crippen molar-refractivity contribution in [3.05, 3.63) is 34.3 Å². The third-order valence-corrected chi connectivity index (χ3v) is 3.92. The summed E-state index contributed by atoms with van der Waals surface area (Å²) in [5.41, 5.74) is 7.39. The van der Waals surface area contributed by atoms with Crippen molar-refractivity contribution in [3.63, 3.8) is 0 Å². The second-order valence-electron chi connectivity index (χ2n) is 4.62. The number of rotatable bonds is 2. The van der Waals surface area contributed by atoms with Crippen LogP contribution in [0.25, 0.3) is 0 Å². The van der Waals surface area contributed by atoms with Crippen LogP contribution in [0.5, 0.6) is 0 Å². The Morgan fingerprint density at radius 3 is 2.59 bits per heavy atom. The number of hydrogen-bond donors (Lipinski definition) is 1. The van der Waals surface area contributed by atoms with E-state index in [0.717, 1.165) is 11.0 Å². The molecule has 4 heteroatoms. The summed E-state index contributed by atoms with van der Waals surface area (Å²) in [5, 5.41) is 0. The van der Waals surface area contributed by atoms with Gasteiger partial charge in [0.15, 0.2) is 0 Å². The van der Waals surface area contributed by atoms with E-state index in [4.69, 9.17) is 5.73 Å². The first kappa shape index (κ1) is 15.0. The summed E-state index contributed by atoms with van der Waals surface area (Å²) in [4.78, 5) is 2.48. The van der Waals surface area contributed by atoms with Crippen LogP contribution in [0, 0.1) is 0 Å². The van der Waals surface area contributed by atoms with Gasteiger partial charge in [-0.1, -0.05) is 28.1 Å². The van der Waals surface area contributed by atoms with Crippen molar-refractivity contribution in [1.82, 2.24) is 4.90 Å². The standard InChI is InChI=1S/C13H19BrN2.ClH/c1-10(11-4-6-12(14)7-5-11)16-8-2-3-13(15)9-16;/h4-7,10,13H,2-3,8-9,15H2,1H3;1H. The van der Waals surface area contributed by atoms with Gasteiger partial charge in [-0.25, -0.2) is 0 Å². The van der Waals surface area contributed by atoms with Crippen molar-refractivity contribution >= 4 is 28.3 Å². The molecule has 0 aromatic heterocycles. The van der Waals surface area contributed by atoms with E-state index in [0.29, 0.717) is 12.1 Å². The van der Waals surface area contributed by atoms with Crippen LogP contribution < -0.4 is 5.73 Å². The van der Waals surface area contributed by atoms with E-state index in [9.17, 15) is 0 Å². The van der Waals surface area contributed by atoms with Gasteiger partial charge in [-0.3, -0.25) is 4.90 Å². The quantitative estimate of drug-likeness (QED) is 0.906. The van der Waals surface area contributed by atoms with E-state index >= 15 is 0 Å². The molecule has 2 nitrogen and oxygen atoms in total. The lowest BCUT2D eigenvalue weighted by Gasteiger charge is -2.35. The van der Waals surface area contributed by atoms with Crippen molar-refractivity contribution in [3.8, 4) is 0 Å². The van der Waals surface area contributed by atoms with E-state index in [1.165, 1.54) is 24.9 Å². The molecule has 1 saturated heterocycles. The average Bonchev–Trinajstić information content (AvgIpc) is 2.29. The van der Waals surface area contributed by atoms with Gasteiger partial charge >= 0.3 is 0 Å². The van der Waals surface area contributed by atoms with Crippen LogP contribution in [0.15, 0.2) is 28.7 Å². The summed E-state index contributed by atoms with van der Waals surface area (Å²) in [7, 11) is 0. The first-order valence-corrected chi connectivity index (χ1v) is 6.71. The molecule has 2 rings (SSSR count). The van der Waals surface area contributed by atoms with E-state index in [1.54, 1.807) is 0 Å². The van der Waals surface area contributed by atoms with Gasteiger partial charge in [0, 0.05) is 23.1 Å². The third-order valence-electron chi connectivity index (χ3n) is 3.39. The van der Waals surface area contributed by atoms with Gasteiger partial charge < -0.3 is 5.73 Å². The molecule has 2 atom stereocenters. The Labute approximate surface area is 118 Å². The molecular weight excluding hydrogens is 300 g/mol. The maximum atomic E-state index is 6.02. The highest BCUT2D eigenvalue weighted by molar-refractivity contribution is 9.10. The van der Waals surface area contributed by atoms with Crippen LogP contribution in [0.4, 0.5) is 0 Å². The van der Waals surface area contributed by atoms with Crippen molar-refractivity contribution in [2.24, 2.45) is 5.73 Å². The maximum Gasteiger partial charge on any atom is 0.0320 e. The fraction of sp³-hybridized carbons (Fsp3) is 0.538. The number of nitrogens with zero attached hydrogens (tertiary/aromatic N) is 1. The smallest absolute Gasteiger partial charge is 0.0320 e. The summed E-state index contributed by atoms with van der Waals surface area (Å²) < 4.78 is 1.14. The third kappa shape index (κ3) is 3.95. The van der Waals surface area contributed by atoms with Gasteiger partial charge in [-0.15, -0.1) is 12.4 Å². The Balaban J connectivity index is 0.00000144. The van der Waals surface area contributed by atoms with E-state index in [-0.39, 0.29) is 12.4 Å². The van der Waals surface area contributed by atoms with Gasteiger partial charge in [-0.05, 0) is 44.0 Å². The minimum Gasteiger partial charge on any atom is -0.327 e. The molecule has 0 saturated carbocycles. The lowest BCUT2D eigenvalue weighted by atomic mass is 10.0. The Morgan fingerprint density at radius 2 is 2.00 bits per heavy atom. The normalized spacial score (nSPS) is 22.9. The van der Waals surface area contributed by atoms with Crippen LogP contribution in [-0.4, -0.2) is 24.0 Å². The van der Waals surface area contributed by atoms with Gasteiger partial charge in [0.05, 0.1) is 0 Å². The Morgan fingerprint density at radius 1 is 1.35 bits per heavy atom. The highest BCUT2D eigenvalue weighted by atomic mass is 79.9. The monoisotopic (exact) mass is 318 g/mol. The van der Waals surface area contributed by atoms with E-state index < -0.39 is 0 Å². The molecule has 1 aliphatic rings. The molecule has 0 aliphatic carbocycles. The summed E-state index contributed by atoms with van der Waals surface area (Å²) in [6.45, 7) is 4.46. The molecule has 2 unspecified atom stereocenters. The molecule has 1 aliphatic heterocycles. The summed E-state index contributed by atoms with van der Waals surface area (Å²) >= 11 is 3.47. The summed E-state index contributed by atoms with van der Waals surface area (Å²) in [5.74, 6) is 0. The van der Waals surface area contributed by atoms with Gasteiger partial charge in [0.25, 0.3) is 0 Å². The highest BCUT2D eigenvalue weighted by Crippen LogP contribution is 2.24. The maximum absolute atomic E-state index is 6.02. The van der Waals surface area contributed by atoms with Crippen molar-refractivity contribution in [2.75, 3.05) is 13.1 Å². The number of likely N-dealkylation sites (tertiary alicyclic amines) is 1. The molecule has 0 spiro atoms. The lowest BCUT2D eigenvalue weighted by molar-refractivity contribution is 0.159. The number of halogens is 2. The molecule has 0 amide bonds. The molecule has 1 aromatic rings. The van der Waals surface area contributed by atoms with Crippen molar-refractivity contribution < 1.29 is 0 Å². The lowest BCUT2D eigenvalue weighted by Crippen LogP contribution is -2.43. The van der Waals surface area contributed by atoms with Gasteiger partial charge in [-0.2, -0.15) is 0 Å². The van der Waals surface area contributed by atoms with Crippen LogP contribution in [0.2, 0.25) is 0 Å². The molecular formula is C13H20BrClN2. The second-order valence-corrected chi connectivity index (χ2v) is 5.54. The zero-order valence-corrected chi connectivity index (χ0v) is 12.5. The van der Waals surface area contributed by atoms with Gasteiger partial charge in [0.2, 0.25) is 0 Å². The second kappa shape index (κ2) is 6.74. The SMILES string of the molecule is CC(c1ccc(Br)cc1)N1CCCC(N)C1.Cl. The summed E-state index contributed by atoms with van der Waals surface area (Å²) in [6, 6.07) is 9.42. The zero-order chi connectivity index (χ0) is 11.5. The number of hydrogen-bond acceptors (Lipinski definition) is 2. The zero-order valence-electron chi connectivity index (χ0n) is 10.1. The molecule has 2 N–H and O–H groups in total. The molecule has 0 bridgehead atoms. The van der Waals surface area contributed by atoms with Crippen LogP contribution in [-0.2, 0) is 0 Å². The minimum atomic E-state index is 0. The number of nitrogens with two attached hydrogens (primary N) is 1. The molecule has 17 heavy (non-hydrogen) atoms. The molecule has 1 heterocycles. The van der Waals surface area contributed by atoms with Crippen LogP contribution in [0.3, 0.4) is 0 Å². The van der Waals surface area contributed by atoms with Crippen LogP contribution >= 0.6 is 28.3 Å². The topological polar surface area (TPSA) is 29.3 Å². The molecule has 1 aromatic carbocycles. The van der Waals surface area contributed by atoms with Crippen LogP contribution in [0.1, 0.15) is 31.4 Å². The fourth-order valence-electron chi connectivity index (χ4n) is 2.34. The first-order valence-electron chi connectivity index (χ1n) is 5.92. The highest BCUT2D eigenvalue weighted by Gasteiger charge is 2.21. The van der Waals surface area contributed by atoms with E-state index in [1.807, 2.05) is 0 Å². The number of piperidine rings is 1. The van der Waals surface area contributed by atoms with Crippen molar-refractivity contribution in [1.29, 1.82) is 0 Å². The molecule has 0 radical (unpaired) electrons. The van der Waals surface area contributed by atoms with Crippen molar-refractivity contribution in [2.45, 2.75) is 31.8 Å². The molecule has 96 valence electrons. The Bertz CT molecular complexity index is 342. The average molecular weight is 320 g/mol. The predicted octanol–water partition coefficient (Wildman–Crippen LogP) is 3.36. The Kier molecular flexibility index (Phi) is 5.93. The molecule has 1 fully saturated rings.